The van der Waals surface area contributed by atoms with Crippen molar-refractivity contribution in [1.82, 2.24) is 9.36 Å². The standard InChI is InChI=1S/C11H11Cl2N3OS/c1-6-5-17-3-2-16(6)8-4-7(12)10-9(14-8)11(13)15-18-10/h4,6H,2-3,5H2,1H3/t6-/m1/s1. The molecular weight excluding hydrogens is 293 g/mol. The van der Waals surface area contributed by atoms with Gasteiger partial charge in [0, 0.05) is 12.6 Å². The van der Waals surface area contributed by atoms with Crippen molar-refractivity contribution < 1.29 is 4.74 Å². The number of hydrogen-bond acceptors (Lipinski definition) is 5. The van der Waals surface area contributed by atoms with Gasteiger partial charge in [-0.25, -0.2) is 4.98 Å². The minimum Gasteiger partial charge on any atom is -0.377 e. The molecule has 2 aromatic rings. The zero-order valence-corrected chi connectivity index (χ0v) is 12.0. The van der Waals surface area contributed by atoms with Crippen molar-refractivity contribution in [1.29, 1.82) is 0 Å². The van der Waals surface area contributed by atoms with Crippen molar-refractivity contribution in [2.45, 2.75) is 13.0 Å². The third kappa shape index (κ3) is 2.05. The van der Waals surface area contributed by atoms with Gasteiger partial charge in [-0.05, 0) is 18.5 Å². The van der Waals surface area contributed by atoms with Gasteiger partial charge in [0.15, 0.2) is 5.15 Å². The van der Waals surface area contributed by atoms with Crippen LogP contribution < -0.4 is 4.90 Å². The number of morpholine rings is 1. The summed E-state index contributed by atoms with van der Waals surface area (Å²) in [4.78, 5) is 6.75. The number of aromatic nitrogens is 2. The van der Waals surface area contributed by atoms with E-state index in [0.29, 0.717) is 28.9 Å². The molecule has 4 nitrogen and oxygen atoms in total. The number of ether oxygens (including phenoxy) is 1. The monoisotopic (exact) mass is 303 g/mol. The Morgan fingerprint density at radius 2 is 2.33 bits per heavy atom. The highest BCUT2D eigenvalue weighted by Gasteiger charge is 2.22. The zero-order chi connectivity index (χ0) is 12.7. The predicted octanol–water partition coefficient (Wildman–Crippen LogP) is 3.22. The van der Waals surface area contributed by atoms with Crippen LogP contribution in [0, 0.1) is 0 Å². The summed E-state index contributed by atoms with van der Waals surface area (Å²) < 4.78 is 10.3. The number of nitrogens with zero attached hydrogens (tertiary/aromatic N) is 3. The summed E-state index contributed by atoms with van der Waals surface area (Å²) in [5.74, 6) is 0.838. The van der Waals surface area contributed by atoms with E-state index in [1.54, 1.807) is 0 Å². The third-order valence-electron chi connectivity index (χ3n) is 2.99. The van der Waals surface area contributed by atoms with Gasteiger partial charge in [0.05, 0.1) is 29.0 Å². The highest BCUT2D eigenvalue weighted by molar-refractivity contribution is 7.14. The minimum atomic E-state index is 0.283. The van der Waals surface area contributed by atoms with Crippen LogP contribution in [0.1, 0.15) is 6.92 Å². The van der Waals surface area contributed by atoms with Crippen LogP contribution in [0.5, 0.6) is 0 Å². The van der Waals surface area contributed by atoms with E-state index >= 15 is 0 Å². The van der Waals surface area contributed by atoms with Gasteiger partial charge in [0.1, 0.15) is 11.3 Å². The Kier molecular flexibility index (Phi) is 3.32. The number of pyridine rings is 1. The fourth-order valence-electron chi connectivity index (χ4n) is 2.06. The molecule has 18 heavy (non-hydrogen) atoms. The van der Waals surface area contributed by atoms with Crippen molar-refractivity contribution in [3.8, 4) is 0 Å². The minimum absolute atomic E-state index is 0.283. The van der Waals surface area contributed by atoms with E-state index in [9.17, 15) is 0 Å². The molecule has 7 heteroatoms. The Morgan fingerprint density at radius 3 is 3.11 bits per heavy atom. The molecule has 0 amide bonds. The van der Waals surface area contributed by atoms with Gasteiger partial charge in [-0.1, -0.05) is 23.2 Å². The largest absolute Gasteiger partial charge is 0.377 e. The molecule has 0 unspecified atom stereocenters. The number of anilines is 1. The van der Waals surface area contributed by atoms with Gasteiger partial charge < -0.3 is 9.64 Å². The van der Waals surface area contributed by atoms with Gasteiger partial charge in [0.25, 0.3) is 0 Å². The molecule has 1 aliphatic heterocycles. The maximum Gasteiger partial charge on any atom is 0.169 e. The summed E-state index contributed by atoms with van der Waals surface area (Å²) in [6.45, 7) is 4.32. The Labute approximate surface area is 119 Å². The topological polar surface area (TPSA) is 38.2 Å². The number of rotatable bonds is 1. The molecule has 0 aromatic carbocycles. The van der Waals surface area contributed by atoms with Gasteiger partial charge in [-0.15, -0.1) is 0 Å². The van der Waals surface area contributed by atoms with E-state index in [1.165, 1.54) is 11.5 Å². The van der Waals surface area contributed by atoms with Gasteiger partial charge in [0.2, 0.25) is 0 Å². The maximum absolute atomic E-state index is 6.26. The summed E-state index contributed by atoms with van der Waals surface area (Å²) in [6.07, 6.45) is 0. The molecule has 3 heterocycles. The van der Waals surface area contributed by atoms with E-state index in [2.05, 4.69) is 21.2 Å². The number of halogens is 2. The Balaban J connectivity index is 2.08. The summed E-state index contributed by atoms with van der Waals surface area (Å²) in [5.41, 5.74) is 0.683. The van der Waals surface area contributed by atoms with Crippen molar-refractivity contribution in [3.63, 3.8) is 0 Å². The van der Waals surface area contributed by atoms with Crippen LogP contribution in [0.25, 0.3) is 10.2 Å². The van der Waals surface area contributed by atoms with Crippen LogP contribution in [0.2, 0.25) is 10.2 Å². The average molecular weight is 304 g/mol. The van der Waals surface area contributed by atoms with Crippen LogP contribution in [0.4, 0.5) is 5.82 Å². The Bertz CT molecular complexity index is 589. The summed E-state index contributed by atoms with van der Waals surface area (Å²) in [7, 11) is 0. The quantitative estimate of drug-likeness (QED) is 0.811. The molecule has 1 saturated heterocycles. The molecular formula is C11H11Cl2N3OS. The lowest BCUT2D eigenvalue weighted by atomic mass is 10.2. The molecule has 0 bridgehead atoms. The van der Waals surface area contributed by atoms with E-state index in [0.717, 1.165) is 17.1 Å². The van der Waals surface area contributed by atoms with E-state index in [1.807, 2.05) is 6.07 Å². The Morgan fingerprint density at radius 1 is 1.50 bits per heavy atom. The van der Waals surface area contributed by atoms with E-state index in [-0.39, 0.29) is 6.04 Å². The lowest BCUT2D eigenvalue weighted by Crippen LogP contribution is -2.44. The van der Waals surface area contributed by atoms with Crippen molar-refractivity contribution in [2.75, 3.05) is 24.7 Å². The van der Waals surface area contributed by atoms with E-state index < -0.39 is 0 Å². The van der Waals surface area contributed by atoms with Gasteiger partial charge in [-0.3, -0.25) is 0 Å². The molecule has 0 spiro atoms. The molecule has 2 aromatic heterocycles. The lowest BCUT2D eigenvalue weighted by molar-refractivity contribution is 0.0986. The molecule has 0 saturated carbocycles. The van der Waals surface area contributed by atoms with Crippen LogP contribution >= 0.6 is 34.7 Å². The summed E-state index contributed by atoms with van der Waals surface area (Å²) >= 11 is 13.6. The smallest absolute Gasteiger partial charge is 0.169 e. The molecule has 1 atom stereocenters. The molecule has 3 rings (SSSR count). The van der Waals surface area contributed by atoms with Crippen LogP contribution in [0.15, 0.2) is 6.07 Å². The fourth-order valence-corrected chi connectivity index (χ4v) is 3.28. The van der Waals surface area contributed by atoms with Crippen LogP contribution in [0.3, 0.4) is 0 Å². The first-order chi connectivity index (χ1) is 8.66. The first-order valence-corrected chi connectivity index (χ1v) is 7.15. The highest BCUT2D eigenvalue weighted by atomic mass is 35.5. The molecule has 1 fully saturated rings. The number of hydrogen-bond donors (Lipinski definition) is 0. The normalized spacial score (nSPS) is 20.6. The zero-order valence-electron chi connectivity index (χ0n) is 9.69. The lowest BCUT2D eigenvalue weighted by Gasteiger charge is -2.34. The highest BCUT2D eigenvalue weighted by Crippen LogP contribution is 2.34. The fraction of sp³-hybridized carbons (Fsp3) is 0.455. The molecule has 0 N–H and O–H groups in total. The van der Waals surface area contributed by atoms with Crippen molar-refractivity contribution in [2.24, 2.45) is 0 Å². The molecule has 0 radical (unpaired) electrons. The second-order valence-corrected chi connectivity index (χ2v) is 5.77. The summed E-state index contributed by atoms with van der Waals surface area (Å²) in [6, 6.07) is 2.16. The first-order valence-electron chi connectivity index (χ1n) is 5.62. The predicted molar refractivity (Wildman–Crippen MR) is 75.1 cm³/mol. The van der Waals surface area contributed by atoms with E-state index in [4.69, 9.17) is 27.9 Å². The molecule has 0 aliphatic carbocycles. The summed E-state index contributed by atoms with van der Waals surface area (Å²) in [5, 5.41) is 1.07. The second kappa shape index (κ2) is 4.81. The third-order valence-corrected chi connectivity index (χ3v) is 4.63. The number of fused-ring (bicyclic) bond motifs is 1. The van der Waals surface area contributed by atoms with Crippen molar-refractivity contribution >= 4 is 50.8 Å². The second-order valence-electron chi connectivity index (χ2n) is 4.23. The SMILES string of the molecule is C[C@@H]1COCCN1c1cc(Cl)c2snc(Cl)c2n1. The molecule has 1 aliphatic rings. The molecule has 96 valence electrons. The van der Waals surface area contributed by atoms with Crippen LogP contribution in [-0.2, 0) is 4.74 Å². The van der Waals surface area contributed by atoms with Crippen LogP contribution in [-0.4, -0.2) is 35.2 Å². The average Bonchev–Trinajstić information content (AvgIpc) is 2.72. The van der Waals surface area contributed by atoms with Gasteiger partial charge >= 0.3 is 0 Å². The van der Waals surface area contributed by atoms with Gasteiger partial charge in [-0.2, -0.15) is 4.37 Å². The van der Waals surface area contributed by atoms with Crippen molar-refractivity contribution in [3.05, 3.63) is 16.2 Å². The Hall–Kier alpha value is -0.620. The first kappa shape index (κ1) is 12.4. The maximum atomic E-state index is 6.26.